The molecule has 0 saturated heterocycles. The van der Waals surface area contributed by atoms with E-state index in [9.17, 15) is 35.6 Å². The van der Waals surface area contributed by atoms with Crippen LogP contribution in [0.4, 0.5) is 17.6 Å². The van der Waals surface area contributed by atoms with Crippen molar-refractivity contribution < 1.29 is 35.6 Å². The fourth-order valence-corrected chi connectivity index (χ4v) is 5.69. The van der Waals surface area contributed by atoms with Crippen LogP contribution >= 0.6 is 0 Å². The summed E-state index contributed by atoms with van der Waals surface area (Å²) in [4.78, 5) is 23.1. The standard InChI is InChI=1S/C17H20F4N4O4S/c1-16(18,19)15(27)23-11-3-2-6-17(20,21)13(11)25-8-10-5-4-9(14(26)24-22)7-12(10)30(25,28)29/h4-5,7,11,13H,2-3,6,8,22H2,1H3,(H,23,27)(H,24,26)/t11-,13+/m1/s1. The van der Waals surface area contributed by atoms with Gasteiger partial charge in [0, 0.05) is 25.5 Å². The van der Waals surface area contributed by atoms with E-state index in [4.69, 9.17) is 5.84 Å². The Kier molecular flexibility index (Phi) is 5.58. The van der Waals surface area contributed by atoms with Crippen LogP contribution in [0, 0.1) is 0 Å². The summed E-state index contributed by atoms with van der Waals surface area (Å²) in [7, 11) is -4.49. The number of hydrazine groups is 1. The average Bonchev–Trinajstić information content (AvgIpc) is 2.90. The van der Waals surface area contributed by atoms with Crippen LogP contribution in [-0.2, 0) is 21.4 Å². The lowest BCUT2D eigenvalue weighted by Gasteiger charge is -2.42. The minimum atomic E-state index is -4.49. The van der Waals surface area contributed by atoms with Crippen molar-refractivity contribution in [2.75, 3.05) is 0 Å². The molecule has 1 heterocycles. The lowest BCUT2D eigenvalue weighted by Crippen LogP contribution is -2.63. The van der Waals surface area contributed by atoms with Crippen LogP contribution in [0.5, 0.6) is 0 Å². The Morgan fingerprint density at radius 3 is 2.57 bits per heavy atom. The van der Waals surface area contributed by atoms with Crippen LogP contribution in [-0.4, -0.2) is 48.5 Å². The van der Waals surface area contributed by atoms with E-state index in [-0.39, 0.29) is 28.9 Å². The van der Waals surface area contributed by atoms with Gasteiger partial charge in [-0.25, -0.2) is 23.0 Å². The van der Waals surface area contributed by atoms with Gasteiger partial charge in [0.15, 0.2) is 0 Å². The number of nitrogen functional groups attached to an aromatic ring is 1. The number of hydrogen-bond donors (Lipinski definition) is 3. The van der Waals surface area contributed by atoms with Crippen molar-refractivity contribution in [2.24, 2.45) is 5.84 Å². The Bertz CT molecular complexity index is 980. The minimum absolute atomic E-state index is 0.0780. The zero-order valence-electron chi connectivity index (χ0n) is 15.8. The molecule has 1 fully saturated rings. The quantitative estimate of drug-likeness (QED) is 0.274. The average molecular weight is 452 g/mol. The molecule has 13 heteroatoms. The maximum atomic E-state index is 14.8. The number of hydrogen-bond acceptors (Lipinski definition) is 5. The van der Waals surface area contributed by atoms with Crippen molar-refractivity contribution in [3.05, 3.63) is 29.3 Å². The fraction of sp³-hybridized carbons (Fsp3) is 0.529. The third kappa shape index (κ3) is 3.88. The molecule has 8 nitrogen and oxygen atoms in total. The van der Waals surface area contributed by atoms with E-state index in [0.717, 1.165) is 6.07 Å². The van der Waals surface area contributed by atoms with E-state index in [0.29, 0.717) is 11.2 Å². The van der Waals surface area contributed by atoms with Crippen LogP contribution in [0.1, 0.15) is 42.1 Å². The third-order valence-corrected chi connectivity index (χ3v) is 7.15. The maximum Gasteiger partial charge on any atom is 0.321 e. The second-order valence-electron chi connectivity index (χ2n) is 7.41. The van der Waals surface area contributed by atoms with Gasteiger partial charge in [-0.15, -0.1) is 0 Å². The second-order valence-corrected chi connectivity index (χ2v) is 9.27. The summed E-state index contributed by atoms with van der Waals surface area (Å²) in [6.45, 7) is -0.123. The van der Waals surface area contributed by atoms with E-state index in [2.05, 4.69) is 0 Å². The molecule has 0 spiro atoms. The van der Waals surface area contributed by atoms with Crippen LogP contribution < -0.4 is 16.6 Å². The van der Waals surface area contributed by atoms with Crippen molar-refractivity contribution in [2.45, 2.75) is 61.6 Å². The molecule has 2 aliphatic rings. The van der Waals surface area contributed by atoms with E-state index >= 15 is 0 Å². The normalized spacial score (nSPS) is 25.4. The number of halogens is 4. The summed E-state index contributed by atoms with van der Waals surface area (Å²) in [5.41, 5.74) is 1.92. The first kappa shape index (κ1) is 22.4. The van der Waals surface area contributed by atoms with E-state index in [1.165, 1.54) is 12.1 Å². The number of alkyl halides is 4. The molecule has 1 aromatic rings. The molecule has 0 unspecified atom stereocenters. The lowest BCUT2D eigenvalue weighted by atomic mass is 9.86. The Labute approximate surface area is 169 Å². The van der Waals surface area contributed by atoms with E-state index < -0.39 is 58.7 Å². The van der Waals surface area contributed by atoms with Gasteiger partial charge in [-0.1, -0.05) is 6.07 Å². The summed E-state index contributed by atoms with van der Waals surface area (Å²) < 4.78 is 82.8. The molecule has 3 rings (SSSR count). The lowest BCUT2D eigenvalue weighted by molar-refractivity contribution is -0.148. The summed E-state index contributed by atoms with van der Waals surface area (Å²) in [5.74, 6) is -4.87. The highest BCUT2D eigenvalue weighted by Gasteiger charge is 2.56. The van der Waals surface area contributed by atoms with Gasteiger partial charge in [-0.3, -0.25) is 15.0 Å². The van der Waals surface area contributed by atoms with Crippen LogP contribution in [0.2, 0.25) is 0 Å². The zero-order chi connectivity index (χ0) is 22.5. The smallest absolute Gasteiger partial charge is 0.321 e. The predicted molar refractivity (Wildman–Crippen MR) is 96.0 cm³/mol. The molecule has 1 aliphatic carbocycles. The van der Waals surface area contributed by atoms with E-state index in [1.807, 2.05) is 10.7 Å². The van der Waals surface area contributed by atoms with Gasteiger partial charge in [-0.2, -0.15) is 13.1 Å². The number of sulfonamides is 1. The van der Waals surface area contributed by atoms with Crippen molar-refractivity contribution in [1.29, 1.82) is 0 Å². The molecule has 1 aromatic carbocycles. The molecule has 30 heavy (non-hydrogen) atoms. The molecule has 2 amide bonds. The summed E-state index contributed by atoms with van der Waals surface area (Å²) >= 11 is 0. The van der Waals surface area contributed by atoms with Gasteiger partial charge in [0.2, 0.25) is 10.0 Å². The first-order valence-corrected chi connectivity index (χ1v) is 10.5. The Morgan fingerprint density at radius 1 is 1.30 bits per heavy atom. The number of carbonyl (C=O) groups is 2. The summed E-state index contributed by atoms with van der Waals surface area (Å²) in [6.07, 6.45) is -0.827. The SMILES string of the molecule is CC(F)(F)C(=O)N[C@@H]1CCCC(F)(F)[C@H]1N1Cc2ccc(C(=O)NN)cc2S1(=O)=O. The molecule has 1 aliphatic heterocycles. The minimum Gasteiger partial charge on any atom is -0.346 e. The zero-order valence-corrected chi connectivity index (χ0v) is 16.6. The number of fused-ring (bicyclic) bond motifs is 1. The Morgan fingerprint density at radius 2 is 1.97 bits per heavy atom. The highest BCUT2D eigenvalue weighted by atomic mass is 32.2. The molecule has 4 N–H and O–H groups in total. The predicted octanol–water partition coefficient (Wildman–Crippen LogP) is 1.12. The molecule has 0 aromatic heterocycles. The van der Waals surface area contributed by atoms with E-state index in [1.54, 1.807) is 0 Å². The molecule has 0 bridgehead atoms. The van der Waals surface area contributed by atoms with Crippen LogP contribution in [0.3, 0.4) is 0 Å². The monoisotopic (exact) mass is 452 g/mol. The van der Waals surface area contributed by atoms with Gasteiger partial charge in [0.05, 0.1) is 10.9 Å². The van der Waals surface area contributed by atoms with Crippen molar-refractivity contribution in [1.82, 2.24) is 15.0 Å². The largest absolute Gasteiger partial charge is 0.346 e. The number of carbonyl (C=O) groups excluding carboxylic acids is 2. The summed E-state index contributed by atoms with van der Waals surface area (Å²) in [5, 5.41) is 1.89. The molecule has 1 saturated carbocycles. The van der Waals surface area contributed by atoms with Gasteiger partial charge in [0.25, 0.3) is 17.7 Å². The van der Waals surface area contributed by atoms with Gasteiger partial charge in [-0.05, 0) is 30.5 Å². The Balaban J connectivity index is 2.00. The molecular formula is C17H20F4N4O4S. The van der Waals surface area contributed by atoms with Crippen molar-refractivity contribution >= 4 is 21.8 Å². The van der Waals surface area contributed by atoms with Gasteiger partial charge in [0.1, 0.15) is 6.04 Å². The molecular weight excluding hydrogens is 432 g/mol. The highest BCUT2D eigenvalue weighted by Crippen LogP contribution is 2.43. The van der Waals surface area contributed by atoms with Crippen molar-refractivity contribution in [3.63, 3.8) is 0 Å². The Hall–Kier alpha value is -2.25. The molecule has 0 radical (unpaired) electrons. The molecule has 166 valence electrons. The van der Waals surface area contributed by atoms with Crippen molar-refractivity contribution in [3.8, 4) is 0 Å². The number of nitrogens with zero attached hydrogens (tertiary/aromatic N) is 1. The molecule has 2 atom stereocenters. The van der Waals surface area contributed by atoms with Crippen LogP contribution in [0.15, 0.2) is 23.1 Å². The fourth-order valence-electron chi connectivity index (χ4n) is 3.79. The third-order valence-electron chi connectivity index (χ3n) is 5.24. The number of nitrogens with one attached hydrogen (secondary N) is 2. The van der Waals surface area contributed by atoms with Gasteiger partial charge >= 0.3 is 5.92 Å². The summed E-state index contributed by atoms with van der Waals surface area (Å²) in [6, 6.07) is 0.0359. The highest BCUT2D eigenvalue weighted by molar-refractivity contribution is 7.89. The number of benzene rings is 1. The topological polar surface area (TPSA) is 122 Å². The maximum absolute atomic E-state index is 14.8. The van der Waals surface area contributed by atoms with Crippen LogP contribution in [0.25, 0.3) is 0 Å². The first-order chi connectivity index (χ1) is 13.8. The number of amides is 2. The second kappa shape index (κ2) is 7.46. The van der Waals surface area contributed by atoms with Gasteiger partial charge < -0.3 is 5.32 Å². The number of nitrogens with two attached hydrogens (primary N) is 1. The first-order valence-electron chi connectivity index (χ1n) is 9.01. The number of rotatable bonds is 4.